The summed E-state index contributed by atoms with van der Waals surface area (Å²) in [4.78, 5) is 51.9. The number of nitrogens with zero attached hydrogens (tertiary/aromatic N) is 4. The number of benzene rings is 3. The van der Waals surface area contributed by atoms with Crippen molar-refractivity contribution in [3.8, 4) is 11.6 Å². The lowest BCUT2D eigenvalue weighted by atomic mass is 10.1. The first kappa shape index (κ1) is 24.6. The fourth-order valence-corrected chi connectivity index (χ4v) is 4.29. The standard InChI is InChI=1S/C26H20FN5O6/c27-20-10-9-17(38-24-22-18(23(33)28-29-24)7-4-8-21(22)32(36)37)15-19(20)26(35)31-13-11-30(12-14-31)25(34)16-5-2-1-3-6-16/h1-10,15H,11-14H2,(H,28,33). The average Bonchev–Trinajstić information content (AvgIpc) is 2.95. The number of nitro groups is 1. The predicted molar refractivity (Wildman–Crippen MR) is 134 cm³/mol. The SMILES string of the molecule is O=C(c1ccccc1)N1CCN(C(=O)c2cc(Oc3n[nH]c(=O)c4cccc([N+](=O)[O-])c34)ccc2F)CC1. The normalized spacial score (nSPS) is 13.4. The molecule has 1 aliphatic rings. The highest BCUT2D eigenvalue weighted by Crippen LogP contribution is 2.33. The number of amides is 2. The van der Waals surface area contributed by atoms with Gasteiger partial charge in [0.2, 0.25) is 0 Å². The number of H-pyrrole nitrogens is 1. The molecule has 1 fully saturated rings. The Labute approximate surface area is 214 Å². The van der Waals surface area contributed by atoms with Crippen molar-refractivity contribution < 1.29 is 23.6 Å². The molecule has 2 heterocycles. The number of nitro benzene ring substituents is 1. The molecule has 0 spiro atoms. The Hall–Kier alpha value is -5.13. The average molecular weight is 517 g/mol. The van der Waals surface area contributed by atoms with E-state index in [-0.39, 0.29) is 60.1 Å². The van der Waals surface area contributed by atoms with Gasteiger partial charge in [0.05, 0.1) is 15.9 Å². The van der Waals surface area contributed by atoms with Crippen molar-refractivity contribution in [2.45, 2.75) is 0 Å². The molecule has 0 aliphatic carbocycles. The lowest BCUT2D eigenvalue weighted by molar-refractivity contribution is -0.383. The molecule has 1 aromatic heterocycles. The Balaban J connectivity index is 1.36. The van der Waals surface area contributed by atoms with Crippen LogP contribution in [0, 0.1) is 15.9 Å². The third-order valence-corrected chi connectivity index (χ3v) is 6.21. The molecule has 3 aromatic carbocycles. The van der Waals surface area contributed by atoms with E-state index in [1.54, 1.807) is 29.2 Å². The minimum absolute atomic E-state index is 0.00774. The van der Waals surface area contributed by atoms with Crippen LogP contribution in [0.2, 0.25) is 0 Å². The molecule has 192 valence electrons. The van der Waals surface area contributed by atoms with Crippen molar-refractivity contribution in [3.63, 3.8) is 0 Å². The molecule has 0 radical (unpaired) electrons. The molecule has 4 aromatic rings. The van der Waals surface area contributed by atoms with E-state index < -0.39 is 27.9 Å². The van der Waals surface area contributed by atoms with Crippen molar-refractivity contribution in [1.29, 1.82) is 0 Å². The van der Waals surface area contributed by atoms with Gasteiger partial charge >= 0.3 is 0 Å². The maximum atomic E-state index is 14.7. The van der Waals surface area contributed by atoms with E-state index >= 15 is 0 Å². The smallest absolute Gasteiger partial charge is 0.282 e. The molecule has 38 heavy (non-hydrogen) atoms. The van der Waals surface area contributed by atoms with Crippen molar-refractivity contribution >= 4 is 28.3 Å². The van der Waals surface area contributed by atoms with E-state index in [4.69, 9.17) is 4.74 Å². The number of carbonyl (C=O) groups excluding carboxylic acids is 2. The summed E-state index contributed by atoms with van der Waals surface area (Å²) in [6, 6.07) is 16.2. The summed E-state index contributed by atoms with van der Waals surface area (Å²) < 4.78 is 20.4. The molecule has 0 bridgehead atoms. The number of piperazine rings is 1. The summed E-state index contributed by atoms with van der Waals surface area (Å²) in [5.74, 6) is -1.80. The Morgan fingerprint density at radius 1 is 0.947 bits per heavy atom. The third-order valence-electron chi connectivity index (χ3n) is 6.21. The second-order valence-corrected chi connectivity index (χ2v) is 8.51. The number of hydrogen-bond donors (Lipinski definition) is 1. The van der Waals surface area contributed by atoms with E-state index in [9.17, 15) is 28.9 Å². The molecule has 12 heteroatoms. The van der Waals surface area contributed by atoms with Crippen LogP contribution in [-0.2, 0) is 0 Å². The van der Waals surface area contributed by atoms with E-state index in [0.29, 0.717) is 5.56 Å². The molecule has 1 saturated heterocycles. The summed E-state index contributed by atoms with van der Waals surface area (Å²) in [6.07, 6.45) is 0. The fraction of sp³-hybridized carbons (Fsp3) is 0.154. The molecular weight excluding hydrogens is 497 g/mol. The highest BCUT2D eigenvalue weighted by Gasteiger charge is 2.27. The summed E-state index contributed by atoms with van der Waals surface area (Å²) in [7, 11) is 0. The van der Waals surface area contributed by atoms with E-state index in [1.807, 2.05) is 6.07 Å². The Morgan fingerprint density at radius 3 is 2.32 bits per heavy atom. The van der Waals surface area contributed by atoms with Gasteiger partial charge in [-0.1, -0.05) is 24.3 Å². The highest BCUT2D eigenvalue weighted by atomic mass is 19.1. The van der Waals surface area contributed by atoms with Crippen LogP contribution in [0.3, 0.4) is 0 Å². The predicted octanol–water partition coefficient (Wildman–Crippen LogP) is 3.36. The second-order valence-electron chi connectivity index (χ2n) is 8.51. The van der Waals surface area contributed by atoms with Gasteiger partial charge in [-0.2, -0.15) is 0 Å². The van der Waals surface area contributed by atoms with Crippen LogP contribution in [0.4, 0.5) is 10.1 Å². The lowest BCUT2D eigenvalue weighted by Crippen LogP contribution is -2.50. The first-order valence-corrected chi connectivity index (χ1v) is 11.6. The summed E-state index contributed by atoms with van der Waals surface area (Å²) in [5, 5.41) is 17.4. The molecule has 1 N–H and O–H groups in total. The van der Waals surface area contributed by atoms with Crippen LogP contribution in [0.25, 0.3) is 10.8 Å². The third kappa shape index (κ3) is 4.66. The van der Waals surface area contributed by atoms with Crippen LogP contribution in [-0.4, -0.2) is 62.9 Å². The number of carbonyl (C=O) groups is 2. The van der Waals surface area contributed by atoms with Crippen LogP contribution in [0.1, 0.15) is 20.7 Å². The molecule has 1 aliphatic heterocycles. The number of ether oxygens (including phenoxy) is 1. The van der Waals surface area contributed by atoms with Crippen LogP contribution in [0.5, 0.6) is 11.6 Å². The van der Waals surface area contributed by atoms with Crippen LogP contribution in [0.15, 0.2) is 71.5 Å². The van der Waals surface area contributed by atoms with Gasteiger partial charge in [-0.15, -0.1) is 5.10 Å². The topological polar surface area (TPSA) is 139 Å². The summed E-state index contributed by atoms with van der Waals surface area (Å²) in [6.45, 7) is 0.989. The number of rotatable bonds is 5. The number of fused-ring (bicyclic) bond motifs is 1. The maximum Gasteiger partial charge on any atom is 0.282 e. The van der Waals surface area contributed by atoms with Gasteiger partial charge in [0.1, 0.15) is 17.0 Å². The zero-order valence-electron chi connectivity index (χ0n) is 19.8. The molecule has 0 unspecified atom stereocenters. The molecule has 0 saturated carbocycles. The lowest BCUT2D eigenvalue weighted by Gasteiger charge is -2.35. The maximum absolute atomic E-state index is 14.7. The number of aromatic nitrogens is 2. The number of halogens is 1. The first-order valence-electron chi connectivity index (χ1n) is 11.6. The van der Waals surface area contributed by atoms with E-state index in [1.165, 1.54) is 35.2 Å². The van der Waals surface area contributed by atoms with Crippen LogP contribution < -0.4 is 10.3 Å². The number of nitrogens with one attached hydrogen (secondary N) is 1. The number of non-ortho nitro benzene ring substituents is 1. The first-order chi connectivity index (χ1) is 18.3. The fourth-order valence-electron chi connectivity index (χ4n) is 4.29. The van der Waals surface area contributed by atoms with Crippen molar-refractivity contribution in [2.75, 3.05) is 26.2 Å². The quantitative estimate of drug-likeness (QED) is 0.316. The summed E-state index contributed by atoms with van der Waals surface area (Å²) >= 11 is 0. The minimum atomic E-state index is -0.782. The van der Waals surface area contributed by atoms with Crippen LogP contribution >= 0.6 is 0 Å². The zero-order chi connectivity index (χ0) is 26.8. The number of hydrogen-bond acceptors (Lipinski definition) is 7. The monoisotopic (exact) mass is 517 g/mol. The second kappa shape index (κ2) is 10.1. The van der Waals surface area contributed by atoms with Crippen molar-refractivity contribution in [1.82, 2.24) is 20.0 Å². The molecular formula is C26H20FN5O6. The van der Waals surface area contributed by atoms with Gasteiger partial charge in [0.25, 0.3) is 28.9 Å². The van der Waals surface area contributed by atoms with Gasteiger partial charge in [0.15, 0.2) is 0 Å². The van der Waals surface area contributed by atoms with Crippen molar-refractivity contribution in [3.05, 3.63) is 104 Å². The molecule has 0 atom stereocenters. The Kier molecular flexibility index (Phi) is 6.52. The molecule has 11 nitrogen and oxygen atoms in total. The molecule has 2 amide bonds. The van der Waals surface area contributed by atoms with Gasteiger partial charge < -0.3 is 14.5 Å². The highest BCUT2D eigenvalue weighted by molar-refractivity contribution is 5.97. The number of aromatic amines is 1. The largest absolute Gasteiger partial charge is 0.437 e. The molecule has 5 rings (SSSR count). The van der Waals surface area contributed by atoms with Gasteiger partial charge in [-0.25, -0.2) is 9.49 Å². The van der Waals surface area contributed by atoms with E-state index in [2.05, 4.69) is 10.2 Å². The minimum Gasteiger partial charge on any atom is -0.437 e. The summed E-state index contributed by atoms with van der Waals surface area (Å²) in [5.41, 5.74) is -0.756. The van der Waals surface area contributed by atoms with Crippen molar-refractivity contribution in [2.24, 2.45) is 0 Å². The van der Waals surface area contributed by atoms with Gasteiger partial charge in [-0.05, 0) is 36.4 Å². The van der Waals surface area contributed by atoms with E-state index in [0.717, 1.165) is 6.07 Å². The zero-order valence-corrected chi connectivity index (χ0v) is 19.8. The van der Waals surface area contributed by atoms with Gasteiger partial charge in [0, 0.05) is 37.8 Å². The Bertz CT molecular complexity index is 1620. The Morgan fingerprint density at radius 2 is 1.63 bits per heavy atom. The van der Waals surface area contributed by atoms with Gasteiger partial charge in [-0.3, -0.25) is 24.5 Å².